The summed E-state index contributed by atoms with van der Waals surface area (Å²) < 4.78 is 5.30. The lowest BCUT2D eigenvalue weighted by molar-refractivity contribution is -0.117. The zero-order valence-electron chi connectivity index (χ0n) is 14.8. The topological polar surface area (TPSA) is 45.5 Å². The van der Waals surface area contributed by atoms with Crippen LogP contribution in [0.4, 0.5) is 5.69 Å². The lowest BCUT2D eigenvalue weighted by Gasteiger charge is -2.22. The molecule has 132 valence electrons. The average Bonchev–Trinajstić information content (AvgIpc) is 3.03. The predicted octanol–water partition coefficient (Wildman–Crippen LogP) is 4.55. The standard InChI is InChI=1S/C21H26N2O2/c1-17(20-7-6-16-25-20)22-21(24)13-10-18-8-11-19(12-9-18)23-14-4-2-3-5-15-23/h6-13,16-17H,2-5,14-15H2,1H3,(H,22,24)/b13-10+/t17-/m1/s1. The van der Waals surface area contributed by atoms with Crippen LogP contribution in [0.5, 0.6) is 0 Å². The van der Waals surface area contributed by atoms with Crippen LogP contribution in [-0.4, -0.2) is 19.0 Å². The molecule has 1 amide bonds. The van der Waals surface area contributed by atoms with Crippen molar-refractivity contribution in [1.82, 2.24) is 5.32 Å². The number of amides is 1. The highest BCUT2D eigenvalue weighted by Gasteiger charge is 2.10. The monoisotopic (exact) mass is 338 g/mol. The summed E-state index contributed by atoms with van der Waals surface area (Å²) in [6, 6.07) is 12.0. The number of nitrogens with zero attached hydrogens (tertiary/aromatic N) is 1. The van der Waals surface area contributed by atoms with Gasteiger partial charge in [0.25, 0.3) is 0 Å². The molecule has 1 aromatic heterocycles. The maximum Gasteiger partial charge on any atom is 0.244 e. The van der Waals surface area contributed by atoms with Gasteiger partial charge in [-0.25, -0.2) is 0 Å². The van der Waals surface area contributed by atoms with Crippen molar-refractivity contribution in [2.45, 2.75) is 38.6 Å². The Morgan fingerprint density at radius 1 is 1.12 bits per heavy atom. The Bertz CT molecular complexity index is 681. The molecule has 4 nitrogen and oxygen atoms in total. The van der Waals surface area contributed by atoms with Gasteiger partial charge in [-0.2, -0.15) is 0 Å². The fourth-order valence-corrected chi connectivity index (χ4v) is 3.17. The van der Waals surface area contributed by atoms with Crippen LogP contribution in [0.3, 0.4) is 0 Å². The molecule has 0 radical (unpaired) electrons. The molecule has 2 aromatic rings. The molecular formula is C21H26N2O2. The van der Waals surface area contributed by atoms with Gasteiger partial charge in [-0.1, -0.05) is 25.0 Å². The van der Waals surface area contributed by atoms with E-state index in [9.17, 15) is 4.79 Å². The number of carbonyl (C=O) groups excluding carboxylic acids is 1. The van der Waals surface area contributed by atoms with Crippen molar-refractivity contribution in [3.8, 4) is 0 Å². The second-order valence-electron chi connectivity index (χ2n) is 6.57. The number of nitrogens with one attached hydrogen (secondary N) is 1. The molecule has 1 aliphatic rings. The maximum atomic E-state index is 12.0. The Morgan fingerprint density at radius 3 is 2.48 bits per heavy atom. The molecule has 0 saturated carbocycles. The van der Waals surface area contributed by atoms with Gasteiger partial charge < -0.3 is 14.6 Å². The fraction of sp³-hybridized carbons (Fsp3) is 0.381. The minimum Gasteiger partial charge on any atom is -0.467 e. The molecule has 0 aliphatic carbocycles. The average molecular weight is 338 g/mol. The largest absolute Gasteiger partial charge is 0.467 e. The minimum atomic E-state index is -0.141. The van der Waals surface area contributed by atoms with E-state index in [2.05, 4.69) is 34.5 Å². The quantitative estimate of drug-likeness (QED) is 0.814. The van der Waals surface area contributed by atoms with Gasteiger partial charge in [-0.3, -0.25) is 4.79 Å². The SMILES string of the molecule is C[C@@H](NC(=O)/C=C/c1ccc(N2CCCCCC2)cc1)c1ccco1. The highest BCUT2D eigenvalue weighted by Crippen LogP contribution is 2.20. The number of benzene rings is 1. The molecule has 0 bridgehead atoms. The van der Waals surface area contributed by atoms with Crippen LogP contribution in [0.25, 0.3) is 6.08 Å². The third-order valence-corrected chi connectivity index (χ3v) is 4.62. The van der Waals surface area contributed by atoms with E-state index >= 15 is 0 Å². The molecule has 25 heavy (non-hydrogen) atoms. The first-order chi connectivity index (χ1) is 12.2. The minimum absolute atomic E-state index is 0.125. The van der Waals surface area contributed by atoms with E-state index in [1.165, 1.54) is 31.4 Å². The summed E-state index contributed by atoms with van der Waals surface area (Å²) in [5.41, 5.74) is 2.30. The Balaban J connectivity index is 1.55. The molecule has 1 aromatic carbocycles. The van der Waals surface area contributed by atoms with Gasteiger partial charge in [0.2, 0.25) is 5.91 Å². The van der Waals surface area contributed by atoms with E-state index in [0.717, 1.165) is 24.4 Å². The Kier molecular flexibility index (Phi) is 5.94. The molecule has 1 aliphatic heterocycles. The summed E-state index contributed by atoms with van der Waals surface area (Å²) in [5, 5.41) is 2.89. The van der Waals surface area contributed by atoms with Crippen molar-refractivity contribution in [3.05, 3.63) is 60.1 Å². The molecule has 0 unspecified atom stereocenters. The third kappa shape index (κ3) is 4.99. The van der Waals surface area contributed by atoms with Gasteiger partial charge >= 0.3 is 0 Å². The Hall–Kier alpha value is -2.49. The van der Waals surface area contributed by atoms with E-state index in [4.69, 9.17) is 4.42 Å². The molecule has 1 N–H and O–H groups in total. The summed E-state index contributed by atoms with van der Waals surface area (Å²) in [6.07, 6.45) is 10.2. The first-order valence-corrected chi connectivity index (χ1v) is 9.09. The van der Waals surface area contributed by atoms with Crippen LogP contribution < -0.4 is 10.2 Å². The van der Waals surface area contributed by atoms with E-state index in [1.54, 1.807) is 12.3 Å². The van der Waals surface area contributed by atoms with Crippen molar-refractivity contribution >= 4 is 17.7 Å². The van der Waals surface area contributed by atoms with Crippen LogP contribution in [0.15, 0.2) is 53.2 Å². The van der Waals surface area contributed by atoms with Crippen LogP contribution >= 0.6 is 0 Å². The number of rotatable bonds is 5. The summed E-state index contributed by atoms with van der Waals surface area (Å²) >= 11 is 0. The van der Waals surface area contributed by atoms with Crippen molar-refractivity contribution in [1.29, 1.82) is 0 Å². The Morgan fingerprint density at radius 2 is 1.84 bits per heavy atom. The zero-order chi connectivity index (χ0) is 17.5. The van der Waals surface area contributed by atoms with Crippen molar-refractivity contribution in [2.75, 3.05) is 18.0 Å². The first-order valence-electron chi connectivity index (χ1n) is 9.09. The normalized spacial score (nSPS) is 16.6. The maximum absolute atomic E-state index is 12.0. The second kappa shape index (κ2) is 8.56. The van der Waals surface area contributed by atoms with Gasteiger partial charge in [0.05, 0.1) is 12.3 Å². The Labute approximate surface area is 149 Å². The van der Waals surface area contributed by atoms with Gasteiger partial charge in [-0.15, -0.1) is 0 Å². The molecule has 1 atom stereocenters. The molecule has 3 rings (SSSR count). The lowest BCUT2D eigenvalue weighted by atomic mass is 10.1. The summed E-state index contributed by atoms with van der Waals surface area (Å²) in [7, 11) is 0. The molecule has 2 heterocycles. The predicted molar refractivity (Wildman–Crippen MR) is 101 cm³/mol. The van der Waals surface area contributed by atoms with Crippen LogP contribution in [-0.2, 0) is 4.79 Å². The van der Waals surface area contributed by atoms with Crippen molar-refractivity contribution in [3.63, 3.8) is 0 Å². The van der Waals surface area contributed by atoms with Crippen LogP contribution in [0, 0.1) is 0 Å². The van der Waals surface area contributed by atoms with Gasteiger partial charge in [0.1, 0.15) is 5.76 Å². The van der Waals surface area contributed by atoms with E-state index in [1.807, 2.05) is 25.1 Å². The summed E-state index contributed by atoms with van der Waals surface area (Å²) in [4.78, 5) is 14.5. The van der Waals surface area contributed by atoms with Gasteiger partial charge in [0, 0.05) is 24.9 Å². The third-order valence-electron chi connectivity index (χ3n) is 4.62. The molecule has 4 heteroatoms. The molecule has 1 saturated heterocycles. The fourth-order valence-electron chi connectivity index (χ4n) is 3.17. The van der Waals surface area contributed by atoms with Crippen LogP contribution in [0.2, 0.25) is 0 Å². The van der Waals surface area contributed by atoms with Crippen molar-refractivity contribution < 1.29 is 9.21 Å². The first kappa shape index (κ1) is 17.3. The highest BCUT2D eigenvalue weighted by molar-refractivity contribution is 5.91. The van der Waals surface area contributed by atoms with E-state index < -0.39 is 0 Å². The smallest absolute Gasteiger partial charge is 0.244 e. The second-order valence-corrected chi connectivity index (χ2v) is 6.57. The van der Waals surface area contributed by atoms with Crippen LogP contribution in [0.1, 0.15) is 50.0 Å². The lowest BCUT2D eigenvalue weighted by Crippen LogP contribution is -2.24. The molecule has 1 fully saturated rings. The highest BCUT2D eigenvalue weighted by atomic mass is 16.3. The number of furan rings is 1. The summed E-state index contributed by atoms with van der Waals surface area (Å²) in [5.74, 6) is 0.629. The summed E-state index contributed by atoms with van der Waals surface area (Å²) in [6.45, 7) is 4.19. The van der Waals surface area contributed by atoms with E-state index in [0.29, 0.717) is 0 Å². The van der Waals surface area contributed by atoms with Gasteiger partial charge in [-0.05, 0) is 55.7 Å². The number of hydrogen-bond donors (Lipinski definition) is 1. The number of anilines is 1. The number of carbonyl (C=O) groups is 1. The van der Waals surface area contributed by atoms with Gasteiger partial charge in [0.15, 0.2) is 0 Å². The number of hydrogen-bond acceptors (Lipinski definition) is 3. The zero-order valence-corrected chi connectivity index (χ0v) is 14.8. The molecule has 0 spiro atoms. The van der Waals surface area contributed by atoms with E-state index in [-0.39, 0.29) is 11.9 Å². The van der Waals surface area contributed by atoms with Crippen molar-refractivity contribution in [2.24, 2.45) is 0 Å². The molecular weight excluding hydrogens is 312 g/mol.